The van der Waals surface area contributed by atoms with Crippen molar-refractivity contribution in [3.05, 3.63) is 65.2 Å². The number of carbonyl (C=O) groups excluding carboxylic acids is 1. The molecule has 0 radical (unpaired) electrons. The van der Waals surface area contributed by atoms with Gasteiger partial charge in [0.05, 0.1) is 24.8 Å². The molecule has 0 bridgehead atoms. The van der Waals surface area contributed by atoms with Gasteiger partial charge in [0.15, 0.2) is 11.6 Å². The van der Waals surface area contributed by atoms with Gasteiger partial charge in [0.25, 0.3) is 0 Å². The molecule has 2 aromatic carbocycles. The molecule has 164 valence electrons. The van der Waals surface area contributed by atoms with E-state index >= 15 is 0 Å². The molecule has 1 fully saturated rings. The van der Waals surface area contributed by atoms with Crippen LogP contribution in [0.1, 0.15) is 40.7 Å². The van der Waals surface area contributed by atoms with Crippen molar-refractivity contribution in [1.82, 2.24) is 10.2 Å². The highest BCUT2D eigenvalue weighted by molar-refractivity contribution is 6.01. The highest BCUT2D eigenvalue weighted by atomic mass is 16.5. The maximum absolute atomic E-state index is 12.9. The second-order valence-electron chi connectivity index (χ2n) is 8.84. The maximum atomic E-state index is 12.9. The predicted molar refractivity (Wildman–Crippen MR) is 124 cm³/mol. The fourth-order valence-corrected chi connectivity index (χ4v) is 4.77. The van der Waals surface area contributed by atoms with E-state index in [9.17, 15) is 4.79 Å². The van der Waals surface area contributed by atoms with Crippen LogP contribution in [0.25, 0.3) is 11.3 Å². The summed E-state index contributed by atoms with van der Waals surface area (Å²) in [6.07, 6.45) is 2.01. The highest BCUT2D eigenvalue weighted by Gasteiger charge is 2.43. The molecule has 6 heteroatoms. The Morgan fingerprint density at radius 2 is 1.75 bits per heavy atom. The van der Waals surface area contributed by atoms with Crippen molar-refractivity contribution in [2.75, 3.05) is 25.1 Å². The van der Waals surface area contributed by atoms with Crippen LogP contribution in [0.3, 0.4) is 0 Å². The summed E-state index contributed by atoms with van der Waals surface area (Å²) in [4.78, 5) is 15.1. The van der Waals surface area contributed by atoms with E-state index in [0.29, 0.717) is 6.42 Å². The van der Waals surface area contributed by atoms with Gasteiger partial charge in [-0.25, -0.2) is 0 Å². The second-order valence-corrected chi connectivity index (χ2v) is 8.84. The van der Waals surface area contributed by atoms with E-state index in [1.54, 1.807) is 7.11 Å². The molecule has 5 rings (SSSR count). The van der Waals surface area contributed by atoms with E-state index in [1.807, 2.05) is 56.3 Å². The number of aryl methyl sites for hydroxylation is 2. The standard InChI is InChI=1S/C26H27N3O3/c1-17-14-18(2)25-21(15-17)23(30)16-26(32-25)10-12-29(13-11-26)24-9-8-22(27-28-24)19-4-6-20(31-3)7-5-19/h4-9,14-15H,10-13,16H2,1-3H3. The summed E-state index contributed by atoms with van der Waals surface area (Å²) in [7, 11) is 1.65. The Bertz CT molecular complexity index is 1150. The van der Waals surface area contributed by atoms with Crippen molar-refractivity contribution in [3.8, 4) is 22.8 Å². The number of ether oxygens (including phenoxy) is 2. The first-order chi connectivity index (χ1) is 15.5. The lowest BCUT2D eigenvalue weighted by molar-refractivity contribution is 0.0225. The number of methoxy groups -OCH3 is 1. The molecule has 0 amide bonds. The van der Waals surface area contributed by atoms with Gasteiger partial charge in [-0.05, 0) is 67.4 Å². The first-order valence-electron chi connectivity index (χ1n) is 11.0. The average Bonchev–Trinajstić information content (AvgIpc) is 2.81. The molecule has 0 N–H and O–H groups in total. The molecule has 3 aromatic rings. The number of fused-ring (bicyclic) bond motifs is 1. The van der Waals surface area contributed by atoms with Crippen LogP contribution < -0.4 is 14.4 Å². The lowest BCUT2D eigenvalue weighted by Gasteiger charge is -2.44. The van der Waals surface area contributed by atoms with Gasteiger partial charge in [-0.1, -0.05) is 6.07 Å². The molecule has 2 aliphatic heterocycles. The highest BCUT2D eigenvalue weighted by Crippen LogP contribution is 2.42. The minimum atomic E-state index is -0.420. The fraction of sp³-hybridized carbons (Fsp3) is 0.346. The Morgan fingerprint density at radius 1 is 1.00 bits per heavy atom. The number of ketones is 1. The Kier molecular flexibility index (Phi) is 5.08. The summed E-state index contributed by atoms with van der Waals surface area (Å²) < 4.78 is 11.7. The lowest BCUT2D eigenvalue weighted by atomic mass is 9.81. The van der Waals surface area contributed by atoms with Crippen LogP contribution in [0.5, 0.6) is 11.5 Å². The summed E-state index contributed by atoms with van der Waals surface area (Å²) in [5.41, 5.74) is 4.28. The Balaban J connectivity index is 1.29. The van der Waals surface area contributed by atoms with Gasteiger partial charge >= 0.3 is 0 Å². The monoisotopic (exact) mass is 429 g/mol. The summed E-state index contributed by atoms with van der Waals surface area (Å²) in [6, 6.07) is 15.8. The van der Waals surface area contributed by atoms with Crippen molar-refractivity contribution in [1.29, 1.82) is 0 Å². The SMILES string of the molecule is COc1ccc(-c2ccc(N3CCC4(CC3)CC(=O)c3cc(C)cc(C)c3O4)nn2)cc1. The van der Waals surface area contributed by atoms with Crippen molar-refractivity contribution in [3.63, 3.8) is 0 Å². The number of aromatic nitrogens is 2. The van der Waals surface area contributed by atoms with Crippen LogP contribution in [0.4, 0.5) is 5.82 Å². The number of nitrogens with zero attached hydrogens (tertiary/aromatic N) is 3. The predicted octanol–water partition coefficient (Wildman–Crippen LogP) is 4.77. The quantitative estimate of drug-likeness (QED) is 0.597. The third-order valence-corrected chi connectivity index (χ3v) is 6.56. The Labute approximate surface area is 188 Å². The van der Waals surface area contributed by atoms with Crippen LogP contribution in [0, 0.1) is 13.8 Å². The van der Waals surface area contributed by atoms with E-state index in [0.717, 1.165) is 71.2 Å². The number of Topliss-reactive ketones (excluding diaryl/α,β-unsaturated/α-hetero) is 1. The molecule has 1 saturated heterocycles. The van der Waals surface area contributed by atoms with Crippen LogP contribution >= 0.6 is 0 Å². The zero-order chi connectivity index (χ0) is 22.3. The number of benzene rings is 2. The van der Waals surface area contributed by atoms with Crippen LogP contribution in [0.2, 0.25) is 0 Å². The van der Waals surface area contributed by atoms with E-state index in [2.05, 4.69) is 21.2 Å². The van der Waals surface area contributed by atoms with Gasteiger partial charge in [0.1, 0.15) is 17.1 Å². The summed E-state index contributed by atoms with van der Waals surface area (Å²) in [5.74, 6) is 2.63. The first-order valence-corrected chi connectivity index (χ1v) is 11.0. The van der Waals surface area contributed by atoms with Crippen molar-refractivity contribution >= 4 is 11.6 Å². The number of hydrogen-bond acceptors (Lipinski definition) is 6. The number of carbonyl (C=O) groups is 1. The van der Waals surface area contributed by atoms with E-state index in [1.165, 1.54) is 0 Å². The molecule has 0 atom stereocenters. The number of anilines is 1. The van der Waals surface area contributed by atoms with E-state index < -0.39 is 5.60 Å². The van der Waals surface area contributed by atoms with Gasteiger partial charge in [-0.2, -0.15) is 0 Å². The van der Waals surface area contributed by atoms with Gasteiger partial charge in [-0.3, -0.25) is 4.79 Å². The molecule has 0 saturated carbocycles. The molecular formula is C26H27N3O3. The van der Waals surface area contributed by atoms with Gasteiger partial charge in [0.2, 0.25) is 0 Å². The van der Waals surface area contributed by atoms with Crippen molar-refractivity contribution in [2.45, 2.75) is 38.7 Å². The summed E-state index contributed by atoms with van der Waals surface area (Å²) in [6.45, 7) is 5.60. The molecule has 0 aliphatic carbocycles. The third kappa shape index (κ3) is 3.70. The van der Waals surface area contributed by atoms with Gasteiger partial charge in [0, 0.05) is 31.5 Å². The number of rotatable bonds is 3. The topological polar surface area (TPSA) is 64.5 Å². The molecule has 1 spiro atoms. The van der Waals surface area contributed by atoms with E-state index in [4.69, 9.17) is 9.47 Å². The zero-order valence-corrected chi connectivity index (χ0v) is 18.7. The fourth-order valence-electron chi connectivity index (χ4n) is 4.77. The number of piperidine rings is 1. The zero-order valence-electron chi connectivity index (χ0n) is 18.7. The summed E-state index contributed by atoms with van der Waals surface area (Å²) >= 11 is 0. The van der Waals surface area contributed by atoms with Crippen LogP contribution in [0.15, 0.2) is 48.5 Å². The summed E-state index contributed by atoms with van der Waals surface area (Å²) in [5, 5.41) is 8.89. The molecule has 2 aliphatic rings. The lowest BCUT2D eigenvalue weighted by Crippen LogP contribution is -2.51. The minimum absolute atomic E-state index is 0.190. The Hall–Kier alpha value is -3.41. The maximum Gasteiger partial charge on any atom is 0.170 e. The normalized spacial score (nSPS) is 17.1. The second kappa shape index (κ2) is 7.93. The smallest absolute Gasteiger partial charge is 0.170 e. The van der Waals surface area contributed by atoms with Gasteiger partial charge in [-0.15, -0.1) is 10.2 Å². The van der Waals surface area contributed by atoms with Crippen molar-refractivity contribution in [2.24, 2.45) is 0 Å². The minimum Gasteiger partial charge on any atom is -0.497 e. The average molecular weight is 430 g/mol. The largest absolute Gasteiger partial charge is 0.497 e. The first kappa shape index (κ1) is 20.5. The molecule has 6 nitrogen and oxygen atoms in total. The molecule has 3 heterocycles. The van der Waals surface area contributed by atoms with Crippen LogP contribution in [-0.4, -0.2) is 41.8 Å². The molecular weight excluding hydrogens is 402 g/mol. The van der Waals surface area contributed by atoms with Crippen molar-refractivity contribution < 1.29 is 14.3 Å². The number of hydrogen-bond donors (Lipinski definition) is 0. The van der Waals surface area contributed by atoms with E-state index in [-0.39, 0.29) is 5.78 Å². The molecule has 32 heavy (non-hydrogen) atoms. The molecule has 1 aromatic heterocycles. The van der Waals surface area contributed by atoms with Gasteiger partial charge < -0.3 is 14.4 Å². The van der Waals surface area contributed by atoms with Crippen LogP contribution in [-0.2, 0) is 0 Å². The third-order valence-electron chi connectivity index (χ3n) is 6.56. The molecule has 0 unspecified atom stereocenters. The Morgan fingerprint density at radius 3 is 2.41 bits per heavy atom.